The molecule has 2 aromatic carbocycles. The fourth-order valence-corrected chi connectivity index (χ4v) is 2.57. The molecule has 0 aliphatic heterocycles. The third-order valence-corrected chi connectivity index (χ3v) is 4.10. The van der Waals surface area contributed by atoms with Crippen LogP contribution in [0, 0.1) is 11.3 Å². The van der Waals surface area contributed by atoms with E-state index in [1.807, 2.05) is 49.3 Å². The number of likely N-dealkylation sites (N-methyl/N-ethyl adjacent to an activating group) is 1. The second kappa shape index (κ2) is 9.61. The maximum atomic E-state index is 12.7. The van der Waals surface area contributed by atoms with Gasteiger partial charge in [0.15, 0.2) is 0 Å². The number of hydrogen-bond donors (Lipinski definition) is 0. The van der Waals surface area contributed by atoms with Crippen LogP contribution in [0.25, 0.3) is 0 Å². The Morgan fingerprint density at radius 3 is 2.24 bits per heavy atom. The third kappa shape index (κ3) is 6.40. The van der Waals surface area contributed by atoms with Crippen molar-refractivity contribution < 1.29 is 4.79 Å². The van der Waals surface area contributed by atoms with Crippen LogP contribution in [0.5, 0.6) is 0 Å². The monoisotopic (exact) mass is 335 g/mol. The summed E-state index contributed by atoms with van der Waals surface area (Å²) in [5.74, 6) is 0.162. The van der Waals surface area contributed by atoms with Gasteiger partial charge in [-0.3, -0.25) is 4.79 Å². The first-order chi connectivity index (χ1) is 12.1. The minimum atomic E-state index is 0.162. The zero-order chi connectivity index (χ0) is 18.1. The Morgan fingerprint density at radius 1 is 0.960 bits per heavy atom. The van der Waals surface area contributed by atoms with E-state index in [0.717, 1.165) is 17.7 Å². The molecule has 0 aromatic heterocycles. The molecule has 1 amide bonds. The van der Waals surface area contributed by atoms with Gasteiger partial charge in [0.1, 0.15) is 0 Å². The van der Waals surface area contributed by atoms with Crippen molar-refractivity contribution in [3.05, 3.63) is 71.3 Å². The van der Waals surface area contributed by atoms with Crippen molar-refractivity contribution in [2.75, 3.05) is 27.2 Å². The van der Waals surface area contributed by atoms with Crippen molar-refractivity contribution in [3.63, 3.8) is 0 Å². The van der Waals surface area contributed by atoms with E-state index in [9.17, 15) is 4.79 Å². The van der Waals surface area contributed by atoms with Gasteiger partial charge in [-0.15, -0.1) is 0 Å². The Labute approximate surface area is 150 Å². The van der Waals surface area contributed by atoms with E-state index in [1.54, 1.807) is 12.1 Å². The van der Waals surface area contributed by atoms with E-state index in [0.29, 0.717) is 31.5 Å². The van der Waals surface area contributed by atoms with Gasteiger partial charge in [0.25, 0.3) is 0 Å². The summed E-state index contributed by atoms with van der Waals surface area (Å²) in [4.78, 5) is 16.7. The normalized spacial score (nSPS) is 10.5. The summed E-state index contributed by atoms with van der Waals surface area (Å²) < 4.78 is 0. The molecule has 2 rings (SSSR count). The van der Waals surface area contributed by atoms with Gasteiger partial charge in [0.2, 0.25) is 5.91 Å². The largest absolute Gasteiger partial charge is 0.337 e. The van der Waals surface area contributed by atoms with Crippen LogP contribution in [0.4, 0.5) is 0 Å². The first-order valence-corrected chi connectivity index (χ1v) is 8.54. The Balaban J connectivity index is 1.97. The highest BCUT2D eigenvalue weighted by molar-refractivity contribution is 5.76. The van der Waals surface area contributed by atoms with Gasteiger partial charge in [-0.1, -0.05) is 42.5 Å². The molecule has 0 aliphatic rings. The zero-order valence-corrected chi connectivity index (χ0v) is 15.0. The van der Waals surface area contributed by atoms with E-state index in [2.05, 4.69) is 23.1 Å². The van der Waals surface area contributed by atoms with Crippen LogP contribution < -0.4 is 0 Å². The molecule has 0 radical (unpaired) electrons. The summed E-state index contributed by atoms with van der Waals surface area (Å²) in [6.45, 7) is 2.20. The molecule has 130 valence electrons. The summed E-state index contributed by atoms with van der Waals surface area (Å²) in [6, 6.07) is 19.7. The maximum absolute atomic E-state index is 12.7. The van der Waals surface area contributed by atoms with Gasteiger partial charge in [-0.25, -0.2) is 0 Å². The number of benzene rings is 2. The second-order valence-corrected chi connectivity index (χ2v) is 6.41. The number of rotatable bonds is 8. The van der Waals surface area contributed by atoms with Crippen molar-refractivity contribution in [2.24, 2.45) is 0 Å². The SMILES string of the molecule is CN(C)CCN(Cc1ccccc1)C(=O)CCc1ccc(C#N)cc1. The van der Waals surface area contributed by atoms with E-state index in [4.69, 9.17) is 5.26 Å². The first kappa shape index (κ1) is 18.7. The lowest BCUT2D eigenvalue weighted by molar-refractivity contribution is -0.131. The smallest absolute Gasteiger partial charge is 0.223 e. The predicted molar refractivity (Wildman–Crippen MR) is 99.9 cm³/mol. The average molecular weight is 335 g/mol. The Bertz CT molecular complexity index is 702. The molecule has 0 fully saturated rings. The van der Waals surface area contributed by atoms with E-state index >= 15 is 0 Å². The number of carbonyl (C=O) groups excluding carboxylic acids is 1. The molecule has 0 saturated heterocycles. The van der Waals surface area contributed by atoms with Gasteiger partial charge in [0, 0.05) is 26.1 Å². The number of nitriles is 1. The van der Waals surface area contributed by atoms with Crippen molar-refractivity contribution in [1.29, 1.82) is 5.26 Å². The summed E-state index contributed by atoms with van der Waals surface area (Å²) in [5, 5.41) is 8.85. The molecule has 4 nitrogen and oxygen atoms in total. The highest BCUT2D eigenvalue weighted by atomic mass is 16.2. The first-order valence-electron chi connectivity index (χ1n) is 8.54. The zero-order valence-electron chi connectivity index (χ0n) is 15.0. The van der Waals surface area contributed by atoms with Gasteiger partial charge in [0.05, 0.1) is 11.6 Å². The average Bonchev–Trinajstić information content (AvgIpc) is 2.64. The molecule has 4 heteroatoms. The lowest BCUT2D eigenvalue weighted by atomic mass is 10.1. The van der Waals surface area contributed by atoms with Crippen LogP contribution in [0.1, 0.15) is 23.1 Å². The number of carbonyl (C=O) groups is 1. The molecule has 0 bridgehead atoms. The van der Waals surface area contributed by atoms with Crippen molar-refractivity contribution >= 4 is 5.91 Å². The molecular weight excluding hydrogens is 310 g/mol. The Morgan fingerprint density at radius 2 is 1.64 bits per heavy atom. The minimum Gasteiger partial charge on any atom is -0.337 e. The molecule has 0 spiro atoms. The molecule has 25 heavy (non-hydrogen) atoms. The molecule has 0 atom stereocenters. The number of hydrogen-bond acceptors (Lipinski definition) is 3. The summed E-state index contributed by atoms with van der Waals surface area (Å²) in [7, 11) is 4.03. The molecule has 0 aliphatic carbocycles. The van der Waals surface area contributed by atoms with Crippen LogP contribution in [-0.2, 0) is 17.8 Å². The molecular formula is C21H25N3O. The Hall–Kier alpha value is -2.64. The summed E-state index contributed by atoms with van der Waals surface area (Å²) in [6.07, 6.45) is 1.17. The van der Waals surface area contributed by atoms with E-state index in [1.165, 1.54) is 0 Å². The van der Waals surface area contributed by atoms with Crippen LogP contribution in [-0.4, -0.2) is 42.9 Å². The van der Waals surface area contributed by atoms with Gasteiger partial charge in [-0.2, -0.15) is 5.26 Å². The summed E-state index contributed by atoms with van der Waals surface area (Å²) in [5.41, 5.74) is 2.87. The molecule has 0 unspecified atom stereocenters. The van der Waals surface area contributed by atoms with Gasteiger partial charge in [-0.05, 0) is 43.8 Å². The fraction of sp³-hybridized carbons (Fsp3) is 0.333. The maximum Gasteiger partial charge on any atom is 0.223 e. The lowest BCUT2D eigenvalue weighted by Gasteiger charge is -2.24. The van der Waals surface area contributed by atoms with Crippen LogP contribution in [0.3, 0.4) is 0 Å². The number of aryl methyl sites for hydroxylation is 1. The number of nitrogens with zero attached hydrogens (tertiary/aromatic N) is 3. The van der Waals surface area contributed by atoms with Crippen LogP contribution in [0.2, 0.25) is 0 Å². The van der Waals surface area contributed by atoms with Crippen LogP contribution >= 0.6 is 0 Å². The fourth-order valence-electron chi connectivity index (χ4n) is 2.57. The molecule has 2 aromatic rings. The third-order valence-electron chi connectivity index (χ3n) is 4.10. The van der Waals surface area contributed by atoms with Gasteiger partial charge >= 0.3 is 0 Å². The molecule has 0 N–H and O–H groups in total. The quantitative estimate of drug-likeness (QED) is 0.745. The van der Waals surface area contributed by atoms with Crippen LogP contribution in [0.15, 0.2) is 54.6 Å². The van der Waals surface area contributed by atoms with Crippen molar-refractivity contribution in [3.8, 4) is 6.07 Å². The van der Waals surface area contributed by atoms with E-state index in [-0.39, 0.29) is 5.91 Å². The standard InChI is InChI=1S/C21H25N3O/c1-23(2)14-15-24(17-20-6-4-3-5-7-20)21(25)13-12-18-8-10-19(16-22)11-9-18/h3-11H,12-15,17H2,1-2H3. The topological polar surface area (TPSA) is 47.3 Å². The second-order valence-electron chi connectivity index (χ2n) is 6.41. The number of amides is 1. The lowest BCUT2D eigenvalue weighted by Crippen LogP contribution is -2.36. The van der Waals surface area contributed by atoms with Gasteiger partial charge < -0.3 is 9.80 Å². The highest BCUT2D eigenvalue weighted by Gasteiger charge is 2.14. The molecule has 0 saturated carbocycles. The minimum absolute atomic E-state index is 0.162. The van der Waals surface area contributed by atoms with E-state index < -0.39 is 0 Å². The van der Waals surface area contributed by atoms with Crippen molar-refractivity contribution in [2.45, 2.75) is 19.4 Å². The predicted octanol–water partition coefficient (Wildman–Crippen LogP) is 3.08. The van der Waals surface area contributed by atoms with Crippen molar-refractivity contribution in [1.82, 2.24) is 9.80 Å². The summed E-state index contributed by atoms with van der Waals surface area (Å²) >= 11 is 0. The molecule has 0 heterocycles. The Kier molecular flexibility index (Phi) is 7.18. The highest BCUT2D eigenvalue weighted by Crippen LogP contribution is 2.10.